The molecule has 1 unspecified atom stereocenters. The molecule has 5 nitrogen and oxygen atoms in total. The Morgan fingerprint density at radius 3 is 2.82 bits per heavy atom. The molecular formula is C17H25N3O2. The van der Waals surface area contributed by atoms with Crippen LogP contribution in [0.2, 0.25) is 0 Å². The Kier molecular flexibility index (Phi) is 5.81. The second-order valence-electron chi connectivity index (χ2n) is 5.82. The second-order valence-corrected chi connectivity index (χ2v) is 5.82. The van der Waals surface area contributed by atoms with Gasteiger partial charge >= 0.3 is 0 Å². The summed E-state index contributed by atoms with van der Waals surface area (Å²) in [6, 6.07) is 5.91. The molecule has 1 aliphatic rings. The maximum Gasteiger partial charge on any atom is 0.220 e. The van der Waals surface area contributed by atoms with Crippen LogP contribution < -0.4 is 16.4 Å². The molecule has 2 rings (SSSR count). The Bertz CT molecular complexity index is 543. The zero-order valence-electron chi connectivity index (χ0n) is 13.2. The lowest BCUT2D eigenvalue weighted by molar-refractivity contribution is -0.126. The van der Waals surface area contributed by atoms with Crippen LogP contribution in [0.4, 0.5) is 5.69 Å². The van der Waals surface area contributed by atoms with Gasteiger partial charge in [0, 0.05) is 25.1 Å². The van der Waals surface area contributed by atoms with Gasteiger partial charge in [0.25, 0.3) is 0 Å². The molecule has 4 N–H and O–H groups in total. The Morgan fingerprint density at radius 2 is 2.05 bits per heavy atom. The van der Waals surface area contributed by atoms with Crippen molar-refractivity contribution in [1.82, 2.24) is 10.6 Å². The Morgan fingerprint density at radius 1 is 1.27 bits per heavy atom. The molecule has 1 aromatic rings. The van der Waals surface area contributed by atoms with E-state index in [0.29, 0.717) is 6.54 Å². The van der Waals surface area contributed by atoms with Crippen LogP contribution in [-0.4, -0.2) is 18.4 Å². The van der Waals surface area contributed by atoms with Crippen molar-refractivity contribution in [3.8, 4) is 0 Å². The summed E-state index contributed by atoms with van der Waals surface area (Å²) in [5.41, 5.74) is 8.96. The Hall–Kier alpha value is -2.04. The SMILES string of the molecule is CCCNC(=O)CCC(=O)NC1CCCc2cc(N)ccc21. The molecule has 5 heteroatoms. The summed E-state index contributed by atoms with van der Waals surface area (Å²) in [5.74, 6) is -0.129. The van der Waals surface area contributed by atoms with Crippen LogP contribution in [-0.2, 0) is 16.0 Å². The number of nitrogens with two attached hydrogens (primary N) is 1. The molecule has 22 heavy (non-hydrogen) atoms. The number of carbonyl (C=O) groups excluding carboxylic acids is 2. The maximum absolute atomic E-state index is 12.1. The van der Waals surface area contributed by atoms with Gasteiger partial charge < -0.3 is 16.4 Å². The fourth-order valence-electron chi connectivity index (χ4n) is 2.83. The molecular weight excluding hydrogens is 278 g/mol. The standard InChI is InChI=1S/C17H25N3O2/c1-2-10-19-16(21)8-9-17(22)20-15-5-3-4-12-11-13(18)6-7-14(12)15/h6-7,11,15H,2-5,8-10,18H2,1H3,(H,19,21)(H,20,22). The van der Waals surface area contributed by atoms with E-state index in [4.69, 9.17) is 5.73 Å². The van der Waals surface area contributed by atoms with E-state index in [2.05, 4.69) is 10.6 Å². The highest BCUT2D eigenvalue weighted by atomic mass is 16.2. The molecule has 2 amide bonds. The quantitative estimate of drug-likeness (QED) is 0.703. The van der Waals surface area contributed by atoms with Gasteiger partial charge in [-0.3, -0.25) is 9.59 Å². The fraction of sp³-hybridized carbons (Fsp3) is 0.529. The van der Waals surface area contributed by atoms with Crippen LogP contribution in [0.3, 0.4) is 0 Å². The van der Waals surface area contributed by atoms with Gasteiger partial charge in [0.1, 0.15) is 0 Å². The van der Waals surface area contributed by atoms with E-state index >= 15 is 0 Å². The molecule has 0 saturated carbocycles. The minimum absolute atomic E-state index is 0.0375. The number of rotatable bonds is 6. The number of carbonyl (C=O) groups is 2. The number of nitrogens with one attached hydrogen (secondary N) is 2. The molecule has 120 valence electrons. The highest BCUT2D eigenvalue weighted by Crippen LogP contribution is 2.30. The van der Waals surface area contributed by atoms with Gasteiger partial charge in [-0.15, -0.1) is 0 Å². The maximum atomic E-state index is 12.1. The summed E-state index contributed by atoms with van der Waals surface area (Å²) >= 11 is 0. The Balaban J connectivity index is 1.87. The first kappa shape index (κ1) is 16.3. The van der Waals surface area contributed by atoms with Gasteiger partial charge in [0.2, 0.25) is 11.8 Å². The molecule has 0 bridgehead atoms. The van der Waals surface area contributed by atoms with Crippen LogP contribution in [0, 0.1) is 0 Å². The zero-order chi connectivity index (χ0) is 15.9. The normalized spacial score (nSPS) is 16.7. The number of aryl methyl sites for hydroxylation is 1. The van der Waals surface area contributed by atoms with E-state index in [-0.39, 0.29) is 30.7 Å². The number of benzene rings is 1. The number of amides is 2. The van der Waals surface area contributed by atoms with Gasteiger partial charge in [0.15, 0.2) is 0 Å². The summed E-state index contributed by atoms with van der Waals surface area (Å²) in [7, 11) is 0. The summed E-state index contributed by atoms with van der Waals surface area (Å²) in [4.78, 5) is 23.6. The third-order valence-corrected chi connectivity index (χ3v) is 3.97. The van der Waals surface area contributed by atoms with E-state index in [0.717, 1.165) is 36.9 Å². The molecule has 1 aromatic carbocycles. The summed E-state index contributed by atoms with van der Waals surface area (Å²) < 4.78 is 0. The van der Waals surface area contributed by atoms with Crippen molar-refractivity contribution in [3.63, 3.8) is 0 Å². The number of anilines is 1. The number of hydrogen-bond donors (Lipinski definition) is 3. The molecule has 1 aliphatic carbocycles. The minimum atomic E-state index is -0.0682. The van der Waals surface area contributed by atoms with Crippen molar-refractivity contribution in [1.29, 1.82) is 0 Å². The van der Waals surface area contributed by atoms with Gasteiger partial charge in [-0.1, -0.05) is 13.0 Å². The van der Waals surface area contributed by atoms with E-state index in [9.17, 15) is 9.59 Å². The van der Waals surface area contributed by atoms with Crippen LogP contribution in [0.25, 0.3) is 0 Å². The average molecular weight is 303 g/mol. The molecule has 0 fully saturated rings. The number of fused-ring (bicyclic) bond motifs is 1. The highest BCUT2D eigenvalue weighted by Gasteiger charge is 2.21. The van der Waals surface area contributed by atoms with Crippen molar-refractivity contribution < 1.29 is 9.59 Å². The van der Waals surface area contributed by atoms with Crippen LogP contribution >= 0.6 is 0 Å². The predicted octanol–water partition coefficient (Wildman–Crippen LogP) is 2.07. The smallest absolute Gasteiger partial charge is 0.220 e. The second kappa shape index (κ2) is 7.82. The number of hydrogen-bond acceptors (Lipinski definition) is 3. The monoisotopic (exact) mass is 303 g/mol. The molecule has 1 atom stereocenters. The molecule has 0 radical (unpaired) electrons. The zero-order valence-corrected chi connectivity index (χ0v) is 13.2. The van der Waals surface area contributed by atoms with Crippen molar-refractivity contribution in [3.05, 3.63) is 29.3 Å². The lowest BCUT2D eigenvalue weighted by Crippen LogP contribution is -2.32. The van der Waals surface area contributed by atoms with Gasteiger partial charge in [-0.2, -0.15) is 0 Å². The van der Waals surface area contributed by atoms with E-state index in [1.165, 1.54) is 5.56 Å². The number of nitrogen functional groups attached to an aromatic ring is 1. The van der Waals surface area contributed by atoms with Crippen molar-refractivity contribution in [2.45, 2.75) is 51.5 Å². The van der Waals surface area contributed by atoms with Crippen molar-refractivity contribution in [2.24, 2.45) is 0 Å². The van der Waals surface area contributed by atoms with Crippen LogP contribution in [0.1, 0.15) is 56.2 Å². The molecule has 0 saturated heterocycles. The van der Waals surface area contributed by atoms with Gasteiger partial charge in [0.05, 0.1) is 6.04 Å². The van der Waals surface area contributed by atoms with Gasteiger partial charge in [-0.05, 0) is 48.9 Å². The molecule has 0 heterocycles. The van der Waals surface area contributed by atoms with E-state index in [1.54, 1.807) is 0 Å². The fourth-order valence-corrected chi connectivity index (χ4v) is 2.83. The third kappa shape index (κ3) is 4.48. The highest BCUT2D eigenvalue weighted by molar-refractivity contribution is 5.83. The molecule has 0 aliphatic heterocycles. The third-order valence-electron chi connectivity index (χ3n) is 3.97. The minimum Gasteiger partial charge on any atom is -0.399 e. The molecule has 0 spiro atoms. The first-order valence-electron chi connectivity index (χ1n) is 8.04. The largest absolute Gasteiger partial charge is 0.399 e. The topological polar surface area (TPSA) is 84.2 Å². The first-order chi connectivity index (χ1) is 10.6. The predicted molar refractivity (Wildman–Crippen MR) is 87.2 cm³/mol. The van der Waals surface area contributed by atoms with Crippen LogP contribution in [0.5, 0.6) is 0 Å². The lowest BCUT2D eigenvalue weighted by Gasteiger charge is -2.26. The summed E-state index contributed by atoms with van der Waals surface area (Å²) in [6.07, 6.45) is 4.36. The van der Waals surface area contributed by atoms with E-state index in [1.807, 2.05) is 25.1 Å². The van der Waals surface area contributed by atoms with E-state index < -0.39 is 0 Å². The lowest BCUT2D eigenvalue weighted by atomic mass is 9.87. The van der Waals surface area contributed by atoms with Gasteiger partial charge in [-0.25, -0.2) is 0 Å². The van der Waals surface area contributed by atoms with Crippen molar-refractivity contribution in [2.75, 3.05) is 12.3 Å². The Labute approximate surface area is 131 Å². The average Bonchev–Trinajstić information content (AvgIpc) is 2.50. The summed E-state index contributed by atoms with van der Waals surface area (Å²) in [5, 5.41) is 5.83. The van der Waals surface area contributed by atoms with Crippen LogP contribution in [0.15, 0.2) is 18.2 Å². The first-order valence-corrected chi connectivity index (χ1v) is 8.04. The van der Waals surface area contributed by atoms with Crippen molar-refractivity contribution >= 4 is 17.5 Å². The molecule has 0 aromatic heterocycles. The summed E-state index contributed by atoms with van der Waals surface area (Å²) in [6.45, 7) is 2.66.